The maximum atomic E-state index is 6.21. The van der Waals surface area contributed by atoms with Crippen LogP contribution in [0.25, 0.3) is 0 Å². The normalized spacial score (nSPS) is 4.20. The highest BCUT2D eigenvalue weighted by Gasteiger charge is 1.30. The van der Waals surface area contributed by atoms with Gasteiger partial charge in [-0.3, -0.25) is 0 Å². The Balaban J connectivity index is 3.75. The lowest BCUT2D eigenvalue weighted by Crippen LogP contribution is -1.19. The summed E-state index contributed by atoms with van der Waals surface area (Å²) in [6.07, 6.45) is 1.63. The van der Waals surface area contributed by atoms with Gasteiger partial charge in [-0.25, -0.2) is 0 Å². The third kappa shape index (κ3) is 3.30. The lowest BCUT2D eigenvalue weighted by molar-refractivity contribution is 1.78. The van der Waals surface area contributed by atoms with E-state index in [0.29, 0.717) is 0 Å². The number of rotatable bonds is 0. The first-order valence-electron chi connectivity index (χ1n) is 1.37. The molecule has 5 heavy (non-hydrogen) atoms. The molecule has 0 heteroatoms. The van der Waals surface area contributed by atoms with Crippen molar-refractivity contribution in [2.45, 2.75) is 6.92 Å². The Kier molecular flexibility index (Phi) is 2.84. The van der Waals surface area contributed by atoms with E-state index in [9.17, 15) is 0 Å². The Bertz CT molecular complexity index is 78.2. The number of allylic oxidation sites excluding steroid dienone is 1. The average molecular weight is 64.1 g/mol. The van der Waals surface area contributed by atoms with Gasteiger partial charge in [-0.2, -0.15) is 0 Å². The topological polar surface area (TPSA) is 0 Å². The molecule has 0 unspecified atom stereocenters. The van der Waals surface area contributed by atoms with E-state index in [0.717, 1.165) is 0 Å². The van der Waals surface area contributed by atoms with Gasteiger partial charge in [-0.1, -0.05) is 11.5 Å². The summed E-state index contributed by atoms with van der Waals surface area (Å²) in [5, 5.41) is 0. The zero-order chi connectivity index (χ0) is 4.12. The van der Waals surface area contributed by atoms with Gasteiger partial charge >= 0.3 is 0 Å². The highest BCUT2D eigenvalue weighted by molar-refractivity contribution is 4.73. The Hall–Kier alpha value is -0.700. The van der Waals surface area contributed by atoms with Crippen LogP contribution >= 0.6 is 0 Å². The third-order valence-electron chi connectivity index (χ3n) is 0.217. The molecule has 0 amide bonds. The van der Waals surface area contributed by atoms with E-state index in [2.05, 4.69) is 5.73 Å². The van der Waals surface area contributed by atoms with Gasteiger partial charge in [0.15, 0.2) is 0 Å². The minimum absolute atomic E-state index is 1.63. The molecule has 0 aliphatic rings. The molecule has 24 valence electrons. The molecule has 0 rings (SSSR count). The third-order valence-corrected chi connectivity index (χ3v) is 0.217. The van der Waals surface area contributed by atoms with E-state index in [1.165, 1.54) is 0 Å². The molecule has 0 spiro atoms. The van der Waals surface area contributed by atoms with Crippen LogP contribution in [0.2, 0.25) is 0 Å². The van der Waals surface area contributed by atoms with Gasteiger partial charge < -0.3 is 0 Å². The second kappa shape index (κ2) is 3.30. The predicted octanol–water partition coefficient (Wildman–Crippen LogP) is 1.18. The van der Waals surface area contributed by atoms with Gasteiger partial charge in [0.05, 0.1) is 6.58 Å². The zero-order valence-electron chi connectivity index (χ0n) is 3.08. The van der Waals surface area contributed by atoms with Crippen molar-refractivity contribution in [2.24, 2.45) is 0 Å². The molecule has 2 radical (unpaired) electrons. The van der Waals surface area contributed by atoms with Gasteiger partial charge in [-0.15, -0.1) is 0 Å². The molecule has 0 N–H and O–H groups in total. The monoisotopic (exact) mass is 64.0 g/mol. The van der Waals surface area contributed by atoms with Gasteiger partial charge in [-0.05, 0) is 13.0 Å². The lowest BCUT2D eigenvalue weighted by Gasteiger charge is -1.39. The van der Waals surface area contributed by atoms with Crippen LogP contribution in [-0.4, -0.2) is 0 Å². The summed E-state index contributed by atoms with van der Waals surface area (Å²) in [6.45, 7) is 8.00. The van der Waals surface area contributed by atoms with Crippen LogP contribution in [0.5, 0.6) is 0 Å². The van der Waals surface area contributed by atoms with Gasteiger partial charge in [0.2, 0.25) is 0 Å². The molecule has 0 aromatic heterocycles. The van der Waals surface area contributed by atoms with Crippen molar-refractivity contribution in [1.82, 2.24) is 0 Å². The average Bonchev–Trinajstić information content (AvgIpc) is 1.41. The fourth-order valence-corrected chi connectivity index (χ4v) is 0.0722. The van der Waals surface area contributed by atoms with Crippen molar-refractivity contribution in [1.29, 1.82) is 0 Å². The maximum absolute atomic E-state index is 6.21. The van der Waals surface area contributed by atoms with Crippen LogP contribution in [0.15, 0.2) is 17.5 Å². The van der Waals surface area contributed by atoms with E-state index >= 15 is 0 Å². The van der Waals surface area contributed by atoms with Crippen LogP contribution in [0.4, 0.5) is 0 Å². The molecule has 0 aromatic carbocycles. The summed E-state index contributed by atoms with van der Waals surface area (Å²) in [5.41, 5.74) is 4.36. The van der Waals surface area contributed by atoms with E-state index in [4.69, 9.17) is 6.58 Å². The molecule has 0 heterocycles. The maximum Gasteiger partial charge on any atom is 0.0588 e. The first kappa shape index (κ1) is 4.30. The van der Waals surface area contributed by atoms with Gasteiger partial charge in [0.25, 0.3) is 0 Å². The fourth-order valence-electron chi connectivity index (χ4n) is 0.0722. The Labute approximate surface area is 32.1 Å². The van der Waals surface area contributed by atoms with E-state index in [-0.39, 0.29) is 0 Å². The number of hydrogen-bond donors (Lipinski definition) is 0. The Morgan fingerprint density at radius 3 is 2.40 bits per heavy atom. The highest BCUT2D eigenvalue weighted by Crippen LogP contribution is 1.50. The predicted molar refractivity (Wildman–Crippen MR) is 20.5 cm³/mol. The Morgan fingerprint density at radius 1 is 1.80 bits per heavy atom. The van der Waals surface area contributed by atoms with Gasteiger partial charge in [0.1, 0.15) is 0 Å². The van der Waals surface area contributed by atoms with Crippen LogP contribution in [-0.2, 0) is 0 Å². The van der Waals surface area contributed by atoms with Crippen molar-refractivity contribution in [3.63, 3.8) is 0 Å². The first-order chi connectivity index (χ1) is 2.41. The standard InChI is InChI=1S/C5H4/c1-3-5-4-2/h3H,1H3. The molecule has 0 aromatic rings. The van der Waals surface area contributed by atoms with E-state index < -0.39 is 0 Å². The van der Waals surface area contributed by atoms with Crippen molar-refractivity contribution in [3.05, 3.63) is 24.1 Å². The fraction of sp³-hybridized carbons (Fsp3) is 0.200. The molecule has 0 atom stereocenters. The minimum Gasteiger partial charge on any atom is -0.0742 e. The summed E-state index contributed by atoms with van der Waals surface area (Å²) in [4.78, 5) is 0. The molecule has 0 saturated heterocycles. The van der Waals surface area contributed by atoms with Crippen LogP contribution in [0.3, 0.4) is 0 Å². The molecular formula is C5H4. The van der Waals surface area contributed by atoms with Crippen LogP contribution in [0.1, 0.15) is 6.92 Å². The largest absolute Gasteiger partial charge is 0.0742 e. The van der Waals surface area contributed by atoms with Crippen LogP contribution in [0, 0.1) is 6.58 Å². The summed E-state index contributed by atoms with van der Waals surface area (Å²) >= 11 is 0. The Morgan fingerprint density at radius 2 is 2.40 bits per heavy atom. The molecule has 0 nitrogen and oxygen atoms in total. The summed E-state index contributed by atoms with van der Waals surface area (Å²) in [6, 6.07) is 0. The molecule has 0 saturated carbocycles. The second-order valence-electron chi connectivity index (χ2n) is 0.558. The van der Waals surface area contributed by atoms with Gasteiger partial charge in [0, 0.05) is 0 Å². The molecule has 0 aliphatic heterocycles. The molecular weight excluding hydrogens is 60.1 g/mol. The quantitative estimate of drug-likeness (QED) is 0.371. The summed E-state index contributed by atoms with van der Waals surface area (Å²) in [7, 11) is 0. The van der Waals surface area contributed by atoms with Crippen molar-refractivity contribution < 1.29 is 0 Å². The summed E-state index contributed by atoms with van der Waals surface area (Å²) < 4.78 is 0. The van der Waals surface area contributed by atoms with E-state index in [1.54, 1.807) is 13.0 Å². The molecule has 0 aliphatic carbocycles. The van der Waals surface area contributed by atoms with Crippen molar-refractivity contribution >= 4 is 0 Å². The highest BCUT2D eigenvalue weighted by atomic mass is 13.4. The molecule has 0 bridgehead atoms. The van der Waals surface area contributed by atoms with Crippen molar-refractivity contribution in [3.8, 4) is 0 Å². The first-order valence-corrected chi connectivity index (χ1v) is 1.37. The molecule has 0 fully saturated rings. The second-order valence-corrected chi connectivity index (χ2v) is 0.558. The number of hydrogen-bond acceptors (Lipinski definition) is 0. The zero-order valence-corrected chi connectivity index (χ0v) is 3.08. The smallest absolute Gasteiger partial charge is 0.0588 e. The van der Waals surface area contributed by atoms with E-state index in [1.807, 2.05) is 5.73 Å². The summed E-state index contributed by atoms with van der Waals surface area (Å²) in [5.74, 6) is 0. The van der Waals surface area contributed by atoms with Crippen LogP contribution < -0.4 is 0 Å². The lowest BCUT2D eigenvalue weighted by atomic mass is 10.7. The SMILES string of the molecule is [C]=C=C=CC. The van der Waals surface area contributed by atoms with Crippen molar-refractivity contribution in [2.75, 3.05) is 0 Å². The minimum atomic E-state index is 1.63.